The molecule has 2 aliphatic carbocycles. The van der Waals surface area contributed by atoms with Crippen molar-refractivity contribution in [2.24, 2.45) is 17.8 Å². The molecule has 0 radical (unpaired) electrons. The Morgan fingerprint density at radius 3 is 2.92 bits per heavy atom. The van der Waals surface area contributed by atoms with E-state index in [2.05, 4.69) is 15.5 Å². The van der Waals surface area contributed by atoms with Crippen LogP contribution in [0.4, 0.5) is 9.52 Å². The zero-order valence-corrected chi connectivity index (χ0v) is 15.4. The van der Waals surface area contributed by atoms with Crippen LogP contribution < -0.4 is 5.32 Å². The monoisotopic (exact) mass is 377 g/mol. The first-order valence-corrected chi connectivity index (χ1v) is 10.5. The Labute approximate surface area is 154 Å². The molecule has 1 aromatic carbocycles. The van der Waals surface area contributed by atoms with Gasteiger partial charge in [0, 0.05) is 12.2 Å². The number of carbonyl (C=O) groups excluding carboxylic acids is 1. The lowest BCUT2D eigenvalue weighted by molar-refractivity contribution is -0.117. The number of hydrogen-bond donors (Lipinski definition) is 1. The van der Waals surface area contributed by atoms with Crippen LogP contribution in [-0.4, -0.2) is 16.1 Å². The van der Waals surface area contributed by atoms with Gasteiger partial charge in [-0.05, 0) is 48.6 Å². The van der Waals surface area contributed by atoms with Crippen LogP contribution in [0.3, 0.4) is 0 Å². The molecule has 1 heterocycles. The number of thioether (sulfide) groups is 1. The first-order valence-electron chi connectivity index (χ1n) is 8.67. The van der Waals surface area contributed by atoms with Gasteiger partial charge in [0.25, 0.3) is 0 Å². The highest BCUT2D eigenvalue weighted by atomic mass is 32.2. The van der Waals surface area contributed by atoms with Gasteiger partial charge in [-0.25, -0.2) is 4.39 Å². The summed E-state index contributed by atoms with van der Waals surface area (Å²) in [6.07, 6.45) is 5.75. The van der Waals surface area contributed by atoms with Crippen LogP contribution in [0, 0.1) is 23.6 Å². The van der Waals surface area contributed by atoms with Gasteiger partial charge in [0.05, 0.1) is 0 Å². The van der Waals surface area contributed by atoms with Crippen LogP contribution in [0.1, 0.15) is 37.7 Å². The Kier molecular flexibility index (Phi) is 5.03. The number of nitrogens with zero attached hydrogens (tertiary/aromatic N) is 2. The van der Waals surface area contributed by atoms with E-state index in [0.29, 0.717) is 28.8 Å². The minimum Gasteiger partial charge on any atom is -0.300 e. The standard InChI is InChI=1S/C18H20FN3OS2/c19-15-4-2-1-3-13(15)10-24-18-22-21-17(25-18)20-16(23)9-14-8-11-5-6-12(14)7-11/h1-4,11-12,14H,5-10H2,(H,20,21,23)/t11-,12+,14-/m0/s1. The molecule has 3 atom stereocenters. The molecule has 2 bridgehead atoms. The van der Waals surface area contributed by atoms with Gasteiger partial charge >= 0.3 is 0 Å². The fourth-order valence-electron chi connectivity index (χ4n) is 4.11. The van der Waals surface area contributed by atoms with E-state index in [1.165, 1.54) is 54.8 Å². The van der Waals surface area contributed by atoms with E-state index in [1.54, 1.807) is 12.1 Å². The van der Waals surface area contributed by atoms with Crippen molar-refractivity contribution < 1.29 is 9.18 Å². The third-order valence-corrected chi connectivity index (χ3v) is 7.31. The zero-order chi connectivity index (χ0) is 17.2. The second-order valence-electron chi connectivity index (χ2n) is 6.94. The number of aromatic nitrogens is 2. The molecule has 7 heteroatoms. The Hall–Kier alpha value is -1.47. The summed E-state index contributed by atoms with van der Waals surface area (Å²) in [5.41, 5.74) is 0.643. The molecule has 4 rings (SSSR count). The first kappa shape index (κ1) is 17.0. The number of halogens is 1. The lowest BCUT2D eigenvalue weighted by Crippen LogP contribution is -2.20. The second-order valence-corrected chi connectivity index (χ2v) is 9.14. The third-order valence-electron chi connectivity index (χ3n) is 5.29. The van der Waals surface area contributed by atoms with Gasteiger partial charge in [0.1, 0.15) is 5.82 Å². The maximum absolute atomic E-state index is 13.6. The summed E-state index contributed by atoms with van der Waals surface area (Å²) in [7, 11) is 0. The maximum atomic E-state index is 13.6. The summed E-state index contributed by atoms with van der Waals surface area (Å²) in [5, 5.41) is 11.5. The minimum atomic E-state index is -0.209. The average molecular weight is 378 g/mol. The number of nitrogens with one attached hydrogen (secondary N) is 1. The van der Waals surface area contributed by atoms with Crippen LogP contribution in [0.2, 0.25) is 0 Å². The quantitative estimate of drug-likeness (QED) is 0.584. The largest absolute Gasteiger partial charge is 0.300 e. The molecule has 4 nitrogen and oxygen atoms in total. The molecular formula is C18H20FN3OS2. The normalized spacial score (nSPS) is 24.6. The molecule has 0 unspecified atom stereocenters. The van der Waals surface area contributed by atoms with Crippen molar-refractivity contribution in [3.8, 4) is 0 Å². The number of anilines is 1. The smallest absolute Gasteiger partial charge is 0.226 e. The van der Waals surface area contributed by atoms with Gasteiger partial charge in [-0.2, -0.15) is 0 Å². The SMILES string of the molecule is O=C(C[C@@H]1C[C@H]2CC[C@@H]1C2)Nc1nnc(SCc2ccccc2F)s1. The van der Waals surface area contributed by atoms with Crippen molar-refractivity contribution in [2.45, 2.75) is 42.2 Å². The van der Waals surface area contributed by atoms with Crippen LogP contribution in [0.5, 0.6) is 0 Å². The van der Waals surface area contributed by atoms with Crippen molar-refractivity contribution in [2.75, 3.05) is 5.32 Å². The van der Waals surface area contributed by atoms with Crippen molar-refractivity contribution in [3.05, 3.63) is 35.6 Å². The first-order chi connectivity index (χ1) is 12.2. The number of carbonyl (C=O) groups is 1. The number of amides is 1. The molecule has 25 heavy (non-hydrogen) atoms. The lowest BCUT2D eigenvalue weighted by Gasteiger charge is -2.20. The van der Waals surface area contributed by atoms with E-state index < -0.39 is 0 Å². The highest BCUT2D eigenvalue weighted by molar-refractivity contribution is 8.00. The van der Waals surface area contributed by atoms with E-state index in [4.69, 9.17) is 0 Å². The molecule has 132 valence electrons. The maximum Gasteiger partial charge on any atom is 0.226 e. The number of benzene rings is 1. The van der Waals surface area contributed by atoms with Crippen LogP contribution in [-0.2, 0) is 10.5 Å². The highest BCUT2D eigenvalue weighted by Crippen LogP contribution is 2.49. The lowest BCUT2D eigenvalue weighted by atomic mass is 9.86. The predicted molar refractivity (Wildman–Crippen MR) is 98.1 cm³/mol. The molecule has 2 saturated carbocycles. The van der Waals surface area contributed by atoms with Crippen molar-refractivity contribution in [3.63, 3.8) is 0 Å². The van der Waals surface area contributed by atoms with E-state index in [-0.39, 0.29) is 11.7 Å². The Morgan fingerprint density at radius 1 is 1.28 bits per heavy atom. The Morgan fingerprint density at radius 2 is 2.16 bits per heavy atom. The Balaban J connectivity index is 1.28. The minimum absolute atomic E-state index is 0.0411. The molecule has 0 saturated heterocycles. The van der Waals surface area contributed by atoms with Crippen LogP contribution >= 0.6 is 23.1 Å². The van der Waals surface area contributed by atoms with Gasteiger partial charge < -0.3 is 5.32 Å². The fourth-order valence-corrected chi connectivity index (χ4v) is 5.86. The molecule has 1 aromatic heterocycles. The summed E-state index contributed by atoms with van der Waals surface area (Å²) < 4.78 is 14.4. The highest BCUT2D eigenvalue weighted by Gasteiger charge is 2.40. The summed E-state index contributed by atoms with van der Waals surface area (Å²) in [6.45, 7) is 0. The molecule has 2 aliphatic rings. The number of fused-ring (bicyclic) bond motifs is 2. The molecule has 2 fully saturated rings. The van der Waals surface area contributed by atoms with E-state index >= 15 is 0 Å². The van der Waals surface area contributed by atoms with Crippen molar-refractivity contribution >= 4 is 34.1 Å². The number of hydrogen-bond acceptors (Lipinski definition) is 5. The van der Waals surface area contributed by atoms with Gasteiger partial charge in [-0.15, -0.1) is 10.2 Å². The summed E-state index contributed by atoms with van der Waals surface area (Å²) in [4.78, 5) is 12.2. The van der Waals surface area contributed by atoms with Crippen molar-refractivity contribution in [1.82, 2.24) is 10.2 Å². The fraction of sp³-hybridized carbons (Fsp3) is 0.500. The summed E-state index contributed by atoms with van der Waals surface area (Å²) in [5.74, 6) is 2.48. The summed E-state index contributed by atoms with van der Waals surface area (Å²) in [6, 6.07) is 6.72. The van der Waals surface area contributed by atoms with Gasteiger partial charge in [0.15, 0.2) is 4.34 Å². The van der Waals surface area contributed by atoms with Gasteiger partial charge in [-0.3, -0.25) is 4.79 Å². The third kappa shape index (κ3) is 4.03. The number of rotatable bonds is 6. The van der Waals surface area contributed by atoms with Crippen molar-refractivity contribution in [1.29, 1.82) is 0 Å². The van der Waals surface area contributed by atoms with Crippen LogP contribution in [0.15, 0.2) is 28.6 Å². The van der Waals surface area contributed by atoms with Gasteiger partial charge in [-0.1, -0.05) is 47.7 Å². The predicted octanol–water partition coefficient (Wildman–Crippen LogP) is 4.73. The average Bonchev–Trinajstić information content (AvgIpc) is 3.31. The summed E-state index contributed by atoms with van der Waals surface area (Å²) >= 11 is 2.78. The zero-order valence-electron chi connectivity index (χ0n) is 13.8. The molecule has 1 N–H and O–H groups in total. The Bertz CT molecular complexity index is 766. The second kappa shape index (κ2) is 7.41. The van der Waals surface area contributed by atoms with Crippen LogP contribution in [0.25, 0.3) is 0 Å². The molecule has 1 amide bonds. The molecule has 0 spiro atoms. The van der Waals surface area contributed by atoms with Gasteiger partial charge in [0.2, 0.25) is 11.0 Å². The van der Waals surface area contributed by atoms with E-state index in [9.17, 15) is 9.18 Å². The van der Waals surface area contributed by atoms with E-state index in [0.717, 1.165) is 16.2 Å². The van der Waals surface area contributed by atoms with E-state index in [1.807, 2.05) is 6.07 Å². The molecule has 0 aliphatic heterocycles. The molecular weight excluding hydrogens is 357 g/mol. The molecule has 2 aromatic rings. The topological polar surface area (TPSA) is 54.9 Å².